The van der Waals surface area contributed by atoms with Crippen molar-refractivity contribution in [2.24, 2.45) is 0 Å². The summed E-state index contributed by atoms with van der Waals surface area (Å²) in [6.45, 7) is 9.23. The maximum Gasteiger partial charge on any atom is 0.231 e. The van der Waals surface area contributed by atoms with Gasteiger partial charge in [-0.1, -0.05) is 25.7 Å². The average Bonchev–Trinajstić information content (AvgIpc) is 2.71. The molecule has 3 heteroatoms. The number of rotatable bonds is 1. The summed E-state index contributed by atoms with van der Waals surface area (Å²) in [5.41, 5.74) is 4.60. The fourth-order valence-corrected chi connectivity index (χ4v) is 2.24. The third kappa shape index (κ3) is 3.04. The molecule has 2 nitrogen and oxygen atoms in total. The van der Waals surface area contributed by atoms with Crippen molar-refractivity contribution < 1.29 is 9.47 Å². The van der Waals surface area contributed by atoms with Gasteiger partial charge in [0, 0.05) is 5.92 Å². The van der Waals surface area contributed by atoms with Gasteiger partial charge in [-0.2, -0.15) is 0 Å². The fourth-order valence-electron chi connectivity index (χ4n) is 1.59. The standard InChI is InChI=1S/C14H18O2Si/c1-11(7-8-17(2,3)4)12-5-6-13-14(9-12)16-10-15-13/h5-6,9,11H,10H2,1-4H3/t11-/m0/s1. The first-order valence-electron chi connectivity index (χ1n) is 5.88. The topological polar surface area (TPSA) is 18.5 Å². The van der Waals surface area contributed by atoms with Crippen molar-refractivity contribution in [2.75, 3.05) is 6.79 Å². The second kappa shape index (κ2) is 4.46. The smallest absolute Gasteiger partial charge is 0.231 e. The Balaban J connectivity index is 2.19. The van der Waals surface area contributed by atoms with E-state index in [0.29, 0.717) is 6.79 Å². The summed E-state index contributed by atoms with van der Waals surface area (Å²) >= 11 is 0. The van der Waals surface area contributed by atoms with Crippen molar-refractivity contribution in [3.8, 4) is 23.0 Å². The number of benzene rings is 1. The van der Waals surface area contributed by atoms with Crippen LogP contribution in [0.2, 0.25) is 19.6 Å². The molecule has 0 N–H and O–H groups in total. The third-order valence-corrected chi connectivity index (χ3v) is 3.45. The van der Waals surface area contributed by atoms with Crippen LogP contribution in [0.15, 0.2) is 18.2 Å². The minimum atomic E-state index is -1.29. The lowest BCUT2D eigenvalue weighted by Crippen LogP contribution is -2.16. The molecule has 0 aliphatic carbocycles. The first-order chi connectivity index (χ1) is 7.96. The minimum absolute atomic E-state index is 0.247. The van der Waals surface area contributed by atoms with Crippen LogP contribution in [0.1, 0.15) is 18.4 Å². The van der Waals surface area contributed by atoms with Crippen molar-refractivity contribution in [3.05, 3.63) is 23.8 Å². The zero-order valence-corrected chi connectivity index (χ0v) is 11.8. The Morgan fingerprint density at radius 2 is 1.88 bits per heavy atom. The predicted octanol–water partition coefficient (Wildman–Crippen LogP) is 3.40. The van der Waals surface area contributed by atoms with Gasteiger partial charge in [-0.15, -0.1) is 11.5 Å². The van der Waals surface area contributed by atoms with Gasteiger partial charge in [0.2, 0.25) is 6.79 Å². The molecular formula is C14H18O2Si. The minimum Gasteiger partial charge on any atom is -0.454 e. The molecule has 1 aromatic carbocycles. The molecule has 1 aliphatic rings. The monoisotopic (exact) mass is 246 g/mol. The summed E-state index contributed by atoms with van der Waals surface area (Å²) < 4.78 is 10.7. The Kier molecular flexibility index (Phi) is 3.17. The number of hydrogen-bond acceptors (Lipinski definition) is 2. The van der Waals surface area contributed by atoms with Crippen LogP contribution in [0.3, 0.4) is 0 Å². The highest BCUT2D eigenvalue weighted by Gasteiger charge is 2.15. The Hall–Kier alpha value is -1.40. The van der Waals surface area contributed by atoms with E-state index in [1.54, 1.807) is 0 Å². The maximum absolute atomic E-state index is 5.37. The molecule has 0 saturated heterocycles. The highest BCUT2D eigenvalue weighted by Crippen LogP contribution is 2.34. The number of hydrogen-bond donors (Lipinski definition) is 0. The van der Waals surface area contributed by atoms with E-state index in [2.05, 4.69) is 44.1 Å². The molecule has 0 aromatic heterocycles. The molecule has 0 saturated carbocycles. The molecular weight excluding hydrogens is 228 g/mol. The molecule has 0 bridgehead atoms. The van der Waals surface area contributed by atoms with Gasteiger partial charge in [-0.3, -0.25) is 0 Å². The molecule has 1 heterocycles. The Labute approximate surface area is 104 Å². The lowest BCUT2D eigenvalue weighted by Gasteiger charge is -2.08. The van der Waals surface area contributed by atoms with E-state index in [1.165, 1.54) is 5.56 Å². The normalized spacial score (nSPS) is 15.1. The summed E-state index contributed by atoms with van der Waals surface area (Å²) in [4.78, 5) is 0. The molecule has 1 aromatic rings. The lowest BCUT2D eigenvalue weighted by molar-refractivity contribution is 0.174. The van der Waals surface area contributed by atoms with Gasteiger partial charge >= 0.3 is 0 Å². The van der Waals surface area contributed by atoms with Crippen LogP contribution in [0.5, 0.6) is 11.5 Å². The van der Waals surface area contributed by atoms with Crippen molar-refractivity contribution >= 4 is 8.07 Å². The van der Waals surface area contributed by atoms with Crippen LogP contribution < -0.4 is 9.47 Å². The third-order valence-electron chi connectivity index (χ3n) is 2.56. The van der Waals surface area contributed by atoms with E-state index in [0.717, 1.165) is 11.5 Å². The second-order valence-corrected chi connectivity index (χ2v) is 10.1. The van der Waals surface area contributed by atoms with Gasteiger partial charge in [-0.25, -0.2) is 0 Å². The molecule has 0 amide bonds. The summed E-state index contributed by atoms with van der Waals surface area (Å²) in [6, 6.07) is 6.06. The molecule has 17 heavy (non-hydrogen) atoms. The van der Waals surface area contributed by atoms with Gasteiger partial charge in [0.15, 0.2) is 11.5 Å². The Morgan fingerprint density at radius 1 is 1.18 bits per heavy atom. The quantitative estimate of drug-likeness (QED) is 0.558. The molecule has 0 unspecified atom stereocenters. The summed E-state index contributed by atoms with van der Waals surface area (Å²) in [6.07, 6.45) is 0. The van der Waals surface area contributed by atoms with E-state index < -0.39 is 8.07 Å². The zero-order valence-electron chi connectivity index (χ0n) is 10.8. The lowest BCUT2D eigenvalue weighted by atomic mass is 10.0. The van der Waals surface area contributed by atoms with Gasteiger partial charge in [-0.05, 0) is 24.6 Å². The molecule has 1 aliphatic heterocycles. The van der Waals surface area contributed by atoms with Crippen molar-refractivity contribution in [2.45, 2.75) is 32.5 Å². The van der Waals surface area contributed by atoms with Gasteiger partial charge < -0.3 is 9.47 Å². The summed E-state index contributed by atoms with van der Waals surface area (Å²) in [7, 11) is -1.29. The van der Waals surface area contributed by atoms with E-state index in [-0.39, 0.29) is 5.92 Å². The molecule has 0 radical (unpaired) electrons. The second-order valence-electron chi connectivity index (χ2n) is 5.35. The van der Waals surface area contributed by atoms with E-state index in [1.807, 2.05) is 12.1 Å². The van der Waals surface area contributed by atoms with Crippen molar-refractivity contribution in [3.63, 3.8) is 0 Å². The van der Waals surface area contributed by atoms with E-state index >= 15 is 0 Å². The SMILES string of the molecule is C[C@@H](C#C[Si](C)(C)C)c1ccc2c(c1)OCO2. The van der Waals surface area contributed by atoms with Crippen LogP contribution in [0.4, 0.5) is 0 Å². The van der Waals surface area contributed by atoms with Crippen molar-refractivity contribution in [1.29, 1.82) is 0 Å². The van der Waals surface area contributed by atoms with Gasteiger partial charge in [0.05, 0.1) is 0 Å². The van der Waals surface area contributed by atoms with Gasteiger partial charge in [0.25, 0.3) is 0 Å². The van der Waals surface area contributed by atoms with Crippen LogP contribution in [0, 0.1) is 11.5 Å². The predicted molar refractivity (Wildman–Crippen MR) is 72.1 cm³/mol. The van der Waals surface area contributed by atoms with E-state index in [4.69, 9.17) is 9.47 Å². The molecule has 2 rings (SSSR count). The Bertz CT molecular complexity index is 477. The number of ether oxygens (including phenoxy) is 2. The highest BCUT2D eigenvalue weighted by molar-refractivity contribution is 6.83. The molecule has 0 fully saturated rings. The molecule has 1 atom stereocenters. The first kappa shape index (κ1) is 12.1. The average molecular weight is 246 g/mol. The van der Waals surface area contributed by atoms with Crippen LogP contribution in [-0.2, 0) is 0 Å². The number of fused-ring (bicyclic) bond motifs is 1. The summed E-state index contributed by atoms with van der Waals surface area (Å²) in [5, 5.41) is 0. The Morgan fingerprint density at radius 3 is 2.59 bits per heavy atom. The van der Waals surface area contributed by atoms with Crippen LogP contribution >= 0.6 is 0 Å². The van der Waals surface area contributed by atoms with Gasteiger partial charge in [0.1, 0.15) is 8.07 Å². The fraction of sp³-hybridized carbons (Fsp3) is 0.429. The van der Waals surface area contributed by atoms with Crippen LogP contribution in [0.25, 0.3) is 0 Å². The maximum atomic E-state index is 5.37. The van der Waals surface area contributed by atoms with Crippen molar-refractivity contribution in [1.82, 2.24) is 0 Å². The summed E-state index contributed by atoms with van der Waals surface area (Å²) in [5.74, 6) is 5.26. The molecule has 0 spiro atoms. The van der Waals surface area contributed by atoms with Crippen LogP contribution in [-0.4, -0.2) is 14.9 Å². The van der Waals surface area contributed by atoms with E-state index in [9.17, 15) is 0 Å². The zero-order chi connectivity index (χ0) is 12.5. The molecule has 90 valence electrons. The first-order valence-corrected chi connectivity index (χ1v) is 9.38. The highest BCUT2D eigenvalue weighted by atomic mass is 28.3. The largest absolute Gasteiger partial charge is 0.454 e.